The van der Waals surface area contributed by atoms with Gasteiger partial charge in [-0.2, -0.15) is 0 Å². The van der Waals surface area contributed by atoms with E-state index in [9.17, 15) is 0 Å². The highest BCUT2D eigenvalue weighted by atomic mass is 16.5. The van der Waals surface area contributed by atoms with Gasteiger partial charge in [0.1, 0.15) is 5.75 Å². The summed E-state index contributed by atoms with van der Waals surface area (Å²) in [4.78, 5) is 4.53. The van der Waals surface area contributed by atoms with Crippen molar-refractivity contribution in [2.45, 2.75) is 45.3 Å². The zero-order valence-corrected chi connectivity index (χ0v) is 13.1. The number of benzene rings is 1. The Bertz CT molecular complexity index is 691. The summed E-state index contributed by atoms with van der Waals surface area (Å²) in [5.74, 6) is 0.999. The smallest absolute Gasteiger partial charge is 0.119 e. The van der Waals surface area contributed by atoms with Gasteiger partial charge in [-0.1, -0.05) is 0 Å². The first-order valence-electron chi connectivity index (χ1n) is 8.29. The molecule has 3 heteroatoms. The lowest BCUT2D eigenvalue weighted by Gasteiger charge is -2.17. The van der Waals surface area contributed by atoms with E-state index in [4.69, 9.17) is 4.74 Å². The molecule has 0 unspecified atom stereocenters. The Hall–Kier alpha value is -2.03. The maximum absolute atomic E-state index is 6.05. The maximum Gasteiger partial charge on any atom is 0.119 e. The van der Waals surface area contributed by atoms with E-state index >= 15 is 0 Å². The van der Waals surface area contributed by atoms with Gasteiger partial charge in [0.05, 0.1) is 24.1 Å². The lowest BCUT2D eigenvalue weighted by Crippen LogP contribution is -2.16. The van der Waals surface area contributed by atoms with E-state index in [1.165, 1.54) is 42.6 Å². The zero-order chi connectivity index (χ0) is 14.9. The van der Waals surface area contributed by atoms with Gasteiger partial charge in [0.15, 0.2) is 0 Å². The zero-order valence-electron chi connectivity index (χ0n) is 13.1. The number of hydrogen-bond acceptors (Lipinski definition) is 2. The minimum atomic E-state index is 0.422. The predicted octanol–water partition coefficient (Wildman–Crippen LogP) is 4.30. The van der Waals surface area contributed by atoms with Crippen molar-refractivity contribution in [2.24, 2.45) is 4.99 Å². The highest BCUT2D eigenvalue weighted by molar-refractivity contribution is 5.98. The number of aliphatic imine (C=N–C) groups is 1. The number of fused-ring (bicyclic) bond motifs is 1. The van der Waals surface area contributed by atoms with Gasteiger partial charge in [-0.25, -0.2) is 0 Å². The third-order valence-electron chi connectivity index (χ3n) is 4.78. The third-order valence-corrected chi connectivity index (χ3v) is 4.78. The number of hydrogen-bond donors (Lipinski definition) is 0. The molecule has 0 spiro atoms. The Morgan fingerprint density at radius 3 is 2.50 bits per heavy atom. The summed E-state index contributed by atoms with van der Waals surface area (Å²) >= 11 is 0. The Morgan fingerprint density at radius 1 is 1.00 bits per heavy atom. The van der Waals surface area contributed by atoms with E-state index in [1.807, 2.05) is 0 Å². The number of nitrogens with zero attached hydrogens (tertiary/aromatic N) is 2. The Labute approximate surface area is 131 Å². The summed E-state index contributed by atoms with van der Waals surface area (Å²) in [7, 11) is 0. The Kier molecular flexibility index (Phi) is 3.49. The summed E-state index contributed by atoms with van der Waals surface area (Å²) in [5.41, 5.74) is 4.91. The quantitative estimate of drug-likeness (QED) is 0.829. The molecule has 1 aliphatic carbocycles. The maximum atomic E-state index is 6.05. The SMILES string of the molecule is CC1=NCCn2c1ccc2-c1ccc(OC2CCCC2)cc1. The summed E-state index contributed by atoms with van der Waals surface area (Å²) in [6.45, 7) is 3.94. The van der Waals surface area contributed by atoms with Crippen molar-refractivity contribution in [3.05, 3.63) is 42.1 Å². The van der Waals surface area contributed by atoms with E-state index in [0.717, 1.165) is 24.6 Å². The van der Waals surface area contributed by atoms with E-state index in [0.29, 0.717) is 6.10 Å². The monoisotopic (exact) mass is 294 g/mol. The van der Waals surface area contributed by atoms with Crippen LogP contribution in [-0.2, 0) is 6.54 Å². The molecule has 0 N–H and O–H groups in total. The average Bonchev–Trinajstić information content (AvgIpc) is 3.18. The van der Waals surface area contributed by atoms with Crippen molar-refractivity contribution in [1.29, 1.82) is 0 Å². The number of aromatic nitrogens is 1. The van der Waals surface area contributed by atoms with E-state index in [2.05, 4.69) is 52.9 Å². The standard InChI is InChI=1S/C19H22N2O/c1-14-18-10-11-19(21(18)13-12-20-14)15-6-8-17(9-7-15)22-16-4-2-3-5-16/h6-11,16H,2-5,12-13H2,1H3. The molecule has 0 atom stereocenters. The Balaban J connectivity index is 1.57. The van der Waals surface area contributed by atoms with Gasteiger partial charge in [0, 0.05) is 12.2 Å². The molecule has 0 saturated heterocycles. The molecule has 1 aromatic carbocycles. The second-order valence-electron chi connectivity index (χ2n) is 6.27. The first kappa shape index (κ1) is 13.6. The van der Waals surface area contributed by atoms with Crippen molar-refractivity contribution in [1.82, 2.24) is 4.57 Å². The molecule has 3 nitrogen and oxygen atoms in total. The van der Waals surface area contributed by atoms with Crippen LogP contribution in [0.1, 0.15) is 38.3 Å². The highest BCUT2D eigenvalue weighted by Gasteiger charge is 2.17. The third kappa shape index (κ3) is 2.45. The first-order chi connectivity index (χ1) is 10.8. The molecule has 4 rings (SSSR count). The van der Waals surface area contributed by atoms with Crippen molar-refractivity contribution >= 4 is 5.71 Å². The van der Waals surface area contributed by atoms with Gasteiger partial charge < -0.3 is 9.30 Å². The van der Waals surface area contributed by atoms with E-state index in [1.54, 1.807) is 0 Å². The van der Waals surface area contributed by atoms with Gasteiger partial charge in [0.2, 0.25) is 0 Å². The van der Waals surface area contributed by atoms with Crippen LogP contribution >= 0.6 is 0 Å². The molecule has 0 radical (unpaired) electrons. The molecule has 1 aromatic heterocycles. The topological polar surface area (TPSA) is 26.5 Å². The van der Waals surface area contributed by atoms with Gasteiger partial charge in [-0.15, -0.1) is 0 Å². The van der Waals surface area contributed by atoms with Crippen LogP contribution in [0.5, 0.6) is 5.75 Å². The van der Waals surface area contributed by atoms with E-state index < -0.39 is 0 Å². The largest absolute Gasteiger partial charge is 0.490 e. The minimum absolute atomic E-state index is 0.422. The van der Waals surface area contributed by atoms with Crippen LogP contribution in [0, 0.1) is 0 Å². The summed E-state index contributed by atoms with van der Waals surface area (Å²) in [6.07, 6.45) is 5.43. The number of ether oxygens (including phenoxy) is 1. The van der Waals surface area contributed by atoms with Crippen molar-refractivity contribution in [3.63, 3.8) is 0 Å². The molecule has 2 heterocycles. The highest BCUT2D eigenvalue weighted by Crippen LogP contribution is 2.28. The number of rotatable bonds is 3. The van der Waals surface area contributed by atoms with Crippen molar-refractivity contribution in [2.75, 3.05) is 6.54 Å². The lowest BCUT2D eigenvalue weighted by atomic mass is 10.1. The fourth-order valence-corrected chi connectivity index (χ4v) is 3.58. The molecule has 1 fully saturated rings. The predicted molar refractivity (Wildman–Crippen MR) is 89.8 cm³/mol. The molecule has 22 heavy (non-hydrogen) atoms. The average molecular weight is 294 g/mol. The fraction of sp³-hybridized carbons (Fsp3) is 0.421. The van der Waals surface area contributed by atoms with E-state index in [-0.39, 0.29) is 0 Å². The minimum Gasteiger partial charge on any atom is -0.490 e. The molecule has 2 aromatic rings. The van der Waals surface area contributed by atoms with Gasteiger partial charge in [-0.3, -0.25) is 4.99 Å². The molecule has 114 valence electrons. The van der Waals surface area contributed by atoms with Crippen LogP contribution in [0.4, 0.5) is 0 Å². The molecular formula is C19H22N2O. The molecular weight excluding hydrogens is 272 g/mol. The van der Waals surface area contributed by atoms with Crippen molar-refractivity contribution in [3.8, 4) is 17.0 Å². The van der Waals surface area contributed by atoms with Gasteiger partial charge in [0.25, 0.3) is 0 Å². The summed E-state index contributed by atoms with van der Waals surface area (Å²) < 4.78 is 8.42. The second kappa shape index (κ2) is 5.64. The van der Waals surface area contributed by atoms with Gasteiger partial charge in [-0.05, 0) is 74.6 Å². The normalized spacial score (nSPS) is 18.1. The van der Waals surface area contributed by atoms with Crippen LogP contribution in [-0.4, -0.2) is 22.9 Å². The molecule has 1 saturated carbocycles. The van der Waals surface area contributed by atoms with Crippen LogP contribution in [0.25, 0.3) is 11.3 Å². The summed E-state index contributed by atoms with van der Waals surface area (Å²) in [6, 6.07) is 12.9. The Morgan fingerprint density at radius 2 is 1.73 bits per heavy atom. The summed E-state index contributed by atoms with van der Waals surface area (Å²) in [5, 5.41) is 0. The molecule has 2 aliphatic rings. The molecule has 0 amide bonds. The molecule has 1 aliphatic heterocycles. The molecule has 0 bridgehead atoms. The van der Waals surface area contributed by atoms with Crippen LogP contribution < -0.4 is 4.74 Å². The van der Waals surface area contributed by atoms with Crippen LogP contribution in [0.3, 0.4) is 0 Å². The van der Waals surface area contributed by atoms with Gasteiger partial charge >= 0.3 is 0 Å². The first-order valence-corrected chi connectivity index (χ1v) is 8.29. The second-order valence-corrected chi connectivity index (χ2v) is 6.27. The van der Waals surface area contributed by atoms with Crippen LogP contribution in [0.15, 0.2) is 41.4 Å². The fourth-order valence-electron chi connectivity index (χ4n) is 3.58. The lowest BCUT2D eigenvalue weighted by molar-refractivity contribution is 0.210. The van der Waals surface area contributed by atoms with Crippen molar-refractivity contribution < 1.29 is 4.74 Å². The van der Waals surface area contributed by atoms with Crippen LogP contribution in [0.2, 0.25) is 0 Å².